The molecule has 4 heteroatoms. The molecule has 17 heavy (non-hydrogen) atoms. The minimum Gasteiger partial charge on any atom is -0.478 e. The molecule has 3 nitrogen and oxygen atoms in total. The van der Waals surface area contributed by atoms with Crippen molar-refractivity contribution in [2.75, 3.05) is 5.32 Å². The van der Waals surface area contributed by atoms with Crippen molar-refractivity contribution < 1.29 is 9.90 Å². The van der Waals surface area contributed by atoms with Crippen molar-refractivity contribution in [2.24, 2.45) is 5.92 Å². The standard InChI is InChI=1S/C13H16BrNO2/c1-2-4-8-7-11(8)15-10-6-3-5-9(14)12(10)13(16)17/h3,5-6,8,11,15H,2,4,7H2,1H3,(H,16,17). The van der Waals surface area contributed by atoms with Crippen molar-refractivity contribution in [3.63, 3.8) is 0 Å². The van der Waals surface area contributed by atoms with E-state index in [4.69, 9.17) is 0 Å². The van der Waals surface area contributed by atoms with Crippen LogP contribution in [0.3, 0.4) is 0 Å². The lowest BCUT2D eigenvalue weighted by Crippen LogP contribution is -2.10. The van der Waals surface area contributed by atoms with Crippen molar-refractivity contribution in [3.8, 4) is 0 Å². The van der Waals surface area contributed by atoms with E-state index >= 15 is 0 Å². The van der Waals surface area contributed by atoms with E-state index in [0.29, 0.717) is 22.0 Å². The number of rotatable bonds is 5. The minimum atomic E-state index is -0.896. The molecule has 1 saturated carbocycles. The monoisotopic (exact) mass is 297 g/mol. The molecule has 0 aromatic heterocycles. The fourth-order valence-electron chi connectivity index (χ4n) is 2.18. The second-order valence-electron chi connectivity index (χ2n) is 4.50. The number of carboxylic acids is 1. The Morgan fingerprint density at radius 3 is 3.00 bits per heavy atom. The highest BCUT2D eigenvalue weighted by Crippen LogP contribution is 2.38. The fraction of sp³-hybridized carbons (Fsp3) is 0.462. The molecule has 1 fully saturated rings. The van der Waals surface area contributed by atoms with Gasteiger partial charge in [0, 0.05) is 10.5 Å². The summed E-state index contributed by atoms with van der Waals surface area (Å²) >= 11 is 3.28. The van der Waals surface area contributed by atoms with Crippen LogP contribution in [0.5, 0.6) is 0 Å². The maximum atomic E-state index is 11.2. The third kappa shape index (κ3) is 2.80. The molecule has 0 aliphatic heterocycles. The van der Waals surface area contributed by atoms with Gasteiger partial charge in [-0.05, 0) is 46.8 Å². The van der Waals surface area contributed by atoms with Gasteiger partial charge >= 0.3 is 5.97 Å². The molecule has 0 heterocycles. The molecular weight excluding hydrogens is 282 g/mol. The highest BCUT2D eigenvalue weighted by Gasteiger charge is 2.36. The molecule has 0 bridgehead atoms. The molecule has 2 unspecified atom stereocenters. The zero-order chi connectivity index (χ0) is 12.4. The van der Waals surface area contributed by atoms with E-state index in [9.17, 15) is 9.90 Å². The van der Waals surface area contributed by atoms with Gasteiger partial charge in [0.25, 0.3) is 0 Å². The van der Waals surface area contributed by atoms with Crippen molar-refractivity contribution >= 4 is 27.6 Å². The SMILES string of the molecule is CCCC1CC1Nc1cccc(Br)c1C(=O)O. The van der Waals surface area contributed by atoms with E-state index in [1.54, 1.807) is 6.07 Å². The van der Waals surface area contributed by atoms with Crippen LogP contribution in [0, 0.1) is 5.92 Å². The third-order valence-electron chi connectivity index (χ3n) is 3.15. The van der Waals surface area contributed by atoms with Gasteiger partial charge in [-0.2, -0.15) is 0 Å². The largest absolute Gasteiger partial charge is 0.478 e. The van der Waals surface area contributed by atoms with Crippen LogP contribution in [-0.4, -0.2) is 17.1 Å². The molecule has 1 aliphatic carbocycles. The van der Waals surface area contributed by atoms with Gasteiger partial charge in [0.05, 0.1) is 11.3 Å². The maximum Gasteiger partial charge on any atom is 0.338 e. The Hall–Kier alpha value is -1.03. The molecule has 92 valence electrons. The van der Waals surface area contributed by atoms with E-state index in [2.05, 4.69) is 28.2 Å². The summed E-state index contributed by atoms with van der Waals surface area (Å²) in [5.41, 5.74) is 1.05. The Kier molecular flexibility index (Phi) is 3.72. The number of halogens is 1. The first-order valence-corrected chi connectivity index (χ1v) is 6.71. The van der Waals surface area contributed by atoms with E-state index in [1.165, 1.54) is 12.8 Å². The summed E-state index contributed by atoms with van der Waals surface area (Å²) in [5, 5.41) is 12.5. The molecule has 0 saturated heterocycles. The summed E-state index contributed by atoms with van der Waals surface area (Å²) < 4.78 is 0.627. The van der Waals surface area contributed by atoms with Crippen molar-refractivity contribution in [1.29, 1.82) is 0 Å². The molecule has 1 aromatic carbocycles. The lowest BCUT2D eigenvalue weighted by Gasteiger charge is -2.10. The number of carbonyl (C=O) groups is 1. The molecule has 1 aliphatic rings. The van der Waals surface area contributed by atoms with Gasteiger partial charge in [0.2, 0.25) is 0 Å². The van der Waals surface area contributed by atoms with Crippen LogP contribution in [0.4, 0.5) is 5.69 Å². The normalized spacial score (nSPS) is 22.2. The zero-order valence-electron chi connectivity index (χ0n) is 9.74. The number of aromatic carboxylic acids is 1. The molecule has 0 radical (unpaired) electrons. The number of benzene rings is 1. The van der Waals surface area contributed by atoms with Gasteiger partial charge in [-0.3, -0.25) is 0 Å². The Bertz CT molecular complexity index is 433. The lowest BCUT2D eigenvalue weighted by molar-refractivity contribution is 0.0697. The Morgan fingerprint density at radius 2 is 2.35 bits per heavy atom. The van der Waals surface area contributed by atoms with E-state index < -0.39 is 5.97 Å². The zero-order valence-corrected chi connectivity index (χ0v) is 11.3. The summed E-state index contributed by atoms with van der Waals surface area (Å²) in [6.45, 7) is 2.18. The summed E-state index contributed by atoms with van der Waals surface area (Å²) in [5.74, 6) is -0.187. The van der Waals surface area contributed by atoms with Crippen LogP contribution < -0.4 is 5.32 Å². The number of nitrogens with one attached hydrogen (secondary N) is 1. The predicted molar refractivity (Wildman–Crippen MR) is 71.5 cm³/mol. The lowest BCUT2D eigenvalue weighted by atomic mass is 10.1. The van der Waals surface area contributed by atoms with Crippen LogP contribution in [0.2, 0.25) is 0 Å². The quantitative estimate of drug-likeness (QED) is 0.870. The Labute approximate surface area is 109 Å². The van der Waals surface area contributed by atoms with E-state index in [-0.39, 0.29) is 0 Å². The van der Waals surface area contributed by atoms with Gasteiger partial charge in [0.15, 0.2) is 0 Å². The van der Waals surface area contributed by atoms with Gasteiger partial charge < -0.3 is 10.4 Å². The molecule has 0 spiro atoms. The van der Waals surface area contributed by atoms with E-state index in [1.807, 2.05) is 12.1 Å². The highest BCUT2D eigenvalue weighted by molar-refractivity contribution is 9.10. The third-order valence-corrected chi connectivity index (χ3v) is 3.81. The molecule has 2 N–H and O–H groups in total. The maximum absolute atomic E-state index is 11.2. The average molecular weight is 298 g/mol. The Balaban J connectivity index is 2.11. The van der Waals surface area contributed by atoms with Gasteiger partial charge in [-0.25, -0.2) is 4.79 Å². The van der Waals surface area contributed by atoms with Gasteiger partial charge in [-0.1, -0.05) is 19.4 Å². The summed E-state index contributed by atoms with van der Waals surface area (Å²) in [6.07, 6.45) is 3.56. The van der Waals surface area contributed by atoms with Crippen LogP contribution in [0.25, 0.3) is 0 Å². The van der Waals surface area contributed by atoms with Crippen LogP contribution in [-0.2, 0) is 0 Å². The van der Waals surface area contributed by atoms with Gasteiger partial charge in [-0.15, -0.1) is 0 Å². The second kappa shape index (κ2) is 5.08. The molecule has 2 atom stereocenters. The number of hydrogen-bond acceptors (Lipinski definition) is 2. The van der Waals surface area contributed by atoms with Crippen molar-refractivity contribution in [3.05, 3.63) is 28.2 Å². The molecular formula is C13H16BrNO2. The first-order chi connectivity index (χ1) is 8.13. The van der Waals surface area contributed by atoms with Gasteiger partial charge in [0.1, 0.15) is 0 Å². The number of carboxylic acid groups (broad SMARTS) is 1. The minimum absolute atomic E-state index is 0.328. The fourth-order valence-corrected chi connectivity index (χ4v) is 2.71. The summed E-state index contributed by atoms with van der Waals surface area (Å²) in [7, 11) is 0. The second-order valence-corrected chi connectivity index (χ2v) is 5.36. The summed E-state index contributed by atoms with van der Waals surface area (Å²) in [6, 6.07) is 5.89. The smallest absolute Gasteiger partial charge is 0.338 e. The van der Waals surface area contributed by atoms with Crippen LogP contribution >= 0.6 is 15.9 Å². The summed E-state index contributed by atoms with van der Waals surface area (Å²) in [4.78, 5) is 11.2. The molecule has 1 aromatic rings. The van der Waals surface area contributed by atoms with Crippen LogP contribution in [0.15, 0.2) is 22.7 Å². The molecule has 2 rings (SSSR count). The average Bonchev–Trinajstić information content (AvgIpc) is 2.96. The van der Waals surface area contributed by atoms with Crippen LogP contribution in [0.1, 0.15) is 36.5 Å². The first-order valence-electron chi connectivity index (χ1n) is 5.91. The first kappa shape index (κ1) is 12.4. The molecule has 0 amide bonds. The topological polar surface area (TPSA) is 49.3 Å². The van der Waals surface area contributed by atoms with Crippen molar-refractivity contribution in [2.45, 2.75) is 32.2 Å². The highest BCUT2D eigenvalue weighted by atomic mass is 79.9. The predicted octanol–water partition coefficient (Wildman–Crippen LogP) is 3.75. The van der Waals surface area contributed by atoms with E-state index in [0.717, 1.165) is 12.1 Å². The van der Waals surface area contributed by atoms with Crippen molar-refractivity contribution in [1.82, 2.24) is 0 Å². The number of hydrogen-bond donors (Lipinski definition) is 2. The Morgan fingerprint density at radius 1 is 1.59 bits per heavy atom. The number of anilines is 1.